The summed E-state index contributed by atoms with van der Waals surface area (Å²) in [7, 11) is 0. The van der Waals surface area contributed by atoms with E-state index < -0.39 is 0 Å². The van der Waals surface area contributed by atoms with Gasteiger partial charge < -0.3 is 0 Å². The molecule has 0 N–H and O–H groups in total. The van der Waals surface area contributed by atoms with Gasteiger partial charge in [-0.2, -0.15) is 0 Å². The molecule has 63 valence electrons. The maximum Gasteiger partial charge on any atom is 0.219 e. The number of rotatable bonds is 2. The van der Waals surface area contributed by atoms with Gasteiger partial charge in [0.2, 0.25) is 6.29 Å². The first-order chi connectivity index (χ1) is 5.17. The van der Waals surface area contributed by atoms with Crippen LogP contribution < -0.4 is 0 Å². The predicted molar refractivity (Wildman–Crippen MR) is 45.2 cm³/mol. The second-order valence-corrected chi connectivity index (χ2v) is 3.71. The van der Waals surface area contributed by atoms with Gasteiger partial charge in [-0.05, 0) is 39.8 Å². The molecule has 0 saturated carbocycles. The lowest BCUT2D eigenvalue weighted by Crippen LogP contribution is -2.47. The van der Waals surface area contributed by atoms with Crippen LogP contribution in [0.15, 0.2) is 0 Å². The number of carbonyl (C=O) groups excluding carboxylic acids is 1. The van der Waals surface area contributed by atoms with Crippen molar-refractivity contribution in [1.29, 1.82) is 0 Å². The second-order valence-electron chi connectivity index (χ2n) is 3.71. The van der Waals surface area contributed by atoms with Crippen LogP contribution in [0.1, 0.15) is 33.1 Å². The van der Waals surface area contributed by atoms with E-state index in [1.54, 1.807) is 0 Å². The lowest BCUT2D eigenvalue weighted by Gasteiger charge is -2.36. The van der Waals surface area contributed by atoms with Gasteiger partial charge in [0, 0.05) is 0 Å². The van der Waals surface area contributed by atoms with Crippen LogP contribution in [-0.2, 0) is 4.79 Å². The number of hydrogen-bond donors (Lipinski definition) is 0. The SMILES string of the molecule is CC(C)([C]=O)N1CCCCC1. The third-order valence-electron chi connectivity index (χ3n) is 2.40. The van der Waals surface area contributed by atoms with E-state index in [2.05, 4.69) is 11.2 Å². The van der Waals surface area contributed by atoms with Gasteiger partial charge in [0.05, 0.1) is 5.54 Å². The topological polar surface area (TPSA) is 20.3 Å². The summed E-state index contributed by atoms with van der Waals surface area (Å²) >= 11 is 0. The molecule has 0 bridgehead atoms. The molecule has 0 amide bonds. The number of hydrogen-bond acceptors (Lipinski definition) is 2. The normalized spacial score (nSPS) is 21.6. The molecule has 0 spiro atoms. The van der Waals surface area contributed by atoms with Gasteiger partial charge in [-0.1, -0.05) is 6.42 Å². The zero-order valence-electron chi connectivity index (χ0n) is 7.39. The van der Waals surface area contributed by atoms with Gasteiger partial charge in [-0.3, -0.25) is 9.69 Å². The summed E-state index contributed by atoms with van der Waals surface area (Å²) in [5, 5.41) is 0. The molecule has 11 heavy (non-hydrogen) atoms. The summed E-state index contributed by atoms with van der Waals surface area (Å²) in [5.41, 5.74) is -0.361. The Morgan fingerprint density at radius 3 is 2.18 bits per heavy atom. The molecule has 1 radical (unpaired) electrons. The molecule has 1 heterocycles. The van der Waals surface area contributed by atoms with Crippen molar-refractivity contribution >= 4 is 6.29 Å². The maximum absolute atomic E-state index is 10.6. The van der Waals surface area contributed by atoms with Crippen molar-refractivity contribution in [2.24, 2.45) is 0 Å². The van der Waals surface area contributed by atoms with Crippen molar-refractivity contribution in [3.63, 3.8) is 0 Å². The number of nitrogens with zero attached hydrogens (tertiary/aromatic N) is 1. The van der Waals surface area contributed by atoms with Crippen molar-refractivity contribution in [2.45, 2.75) is 38.6 Å². The summed E-state index contributed by atoms with van der Waals surface area (Å²) in [6.45, 7) is 5.99. The molecule has 1 aliphatic rings. The smallest absolute Gasteiger partial charge is 0.219 e. The monoisotopic (exact) mass is 154 g/mol. The van der Waals surface area contributed by atoms with Crippen LogP contribution in [0.4, 0.5) is 0 Å². The Morgan fingerprint density at radius 1 is 1.18 bits per heavy atom. The van der Waals surface area contributed by atoms with Gasteiger partial charge in [-0.15, -0.1) is 0 Å². The van der Waals surface area contributed by atoms with E-state index >= 15 is 0 Å². The molecule has 0 atom stereocenters. The molecular weight excluding hydrogens is 138 g/mol. The average Bonchev–Trinajstić information content (AvgIpc) is 2.06. The van der Waals surface area contributed by atoms with Crippen molar-refractivity contribution < 1.29 is 4.79 Å². The molecule has 0 aromatic carbocycles. The maximum atomic E-state index is 10.6. The van der Waals surface area contributed by atoms with E-state index in [1.165, 1.54) is 19.3 Å². The van der Waals surface area contributed by atoms with E-state index in [4.69, 9.17) is 0 Å². The van der Waals surface area contributed by atoms with Crippen molar-refractivity contribution in [3.05, 3.63) is 0 Å². The Bertz CT molecular complexity index is 136. The van der Waals surface area contributed by atoms with Gasteiger partial charge in [0.15, 0.2) is 0 Å². The molecule has 0 aromatic rings. The van der Waals surface area contributed by atoms with Crippen LogP contribution in [0, 0.1) is 0 Å². The van der Waals surface area contributed by atoms with E-state index in [0.717, 1.165) is 13.1 Å². The average molecular weight is 154 g/mol. The highest BCUT2D eigenvalue weighted by molar-refractivity contribution is 5.63. The first-order valence-electron chi connectivity index (χ1n) is 4.31. The zero-order chi connectivity index (χ0) is 8.32. The quantitative estimate of drug-likeness (QED) is 0.598. The first-order valence-corrected chi connectivity index (χ1v) is 4.31. The number of likely N-dealkylation sites (tertiary alicyclic amines) is 1. The fraction of sp³-hybridized carbons (Fsp3) is 0.889. The van der Waals surface area contributed by atoms with Crippen LogP contribution in [-0.4, -0.2) is 29.8 Å². The highest BCUT2D eigenvalue weighted by Gasteiger charge is 2.27. The highest BCUT2D eigenvalue weighted by Crippen LogP contribution is 2.18. The molecule has 0 aromatic heterocycles. The highest BCUT2D eigenvalue weighted by atomic mass is 16.1. The fourth-order valence-electron chi connectivity index (χ4n) is 1.52. The van der Waals surface area contributed by atoms with Crippen molar-refractivity contribution in [1.82, 2.24) is 4.90 Å². The molecule has 1 aliphatic heterocycles. The summed E-state index contributed by atoms with van der Waals surface area (Å²) in [4.78, 5) is 12.8. The van der Waals surface area contributed by atoms with Crippen LogP contribution >= 0.6 is 0 Å². The molecule has 1 saturated heterocycles. The molecule has 0 unspecified atom stereocenters. The summed E-state index contributed by atoms with van der Waals surface area (Å²) in [5.74, 6) is 0. The molecule has 1 rings (SSSR count). The summed E-state index contributed by atoms with van der Waals surface area (Å²) in [6, 6.07) is 0. The van der Waals surface area contributed by atoms with Gasteiger partial charge in [-0.25, -0.2) is 0 Å². The lowest BCUT2D eigenvalue weighted by atomic mass is 10.0. The van der Waals surface area contributed by atoms with Crippen LogP contribution in [0.25, 0.3) is 0 Å². The van der Waals surface area contributed by atoms with Crippen LogP contribution in [0.5, 0.6) is 0 Å². The molecule has 0 aliphatic carbocycles. The van der Waals surface area contributed by atoms with E-state index in [9.17, 15) is 4.79 Å². The molecular formula is C9H16NO. The minimum absolute atomic E-state index is 0.361. The third-order valence-corrected chi connectivity index (χ3v) is 2.40. The van der Waals surface area contributed by atoms with E-state index in [-0.39, 0.29) is 5.54 Å². The fourth-order valence-corrected chi connectivity index (χ4v) is 1.52. The predicted octanol–water partition coefficient (Wildman–Crippen LogP) is 1.36. The van der Waals surface area contributed by atoms with Crippen molar-refractivity contribution in [2.75, 3.05) is 13.1 Å². The second kappa shape index (κ2) is 3.35. The minimum Gasteiger partial charge on any atom is -0.291 e. The van der Waals surface area contributed by atoms with Gasteiger partial charge in [0.25, 0.3) is 0 Å². The standard InChI is InChI=1S/C9H16NO/c1-9(2,8-11)10-6-4-3-5-7-10/h3-7H2,1-2H3. The minimum atomic E-state index is -0.361. The van der Waals surface area contributed by atoms with Crippen LogP contribution in [0.3, 0.4) is 0 Å². The molecule has 2 nitrogen and oxygen atoms in total. The number of piperidine rings is 1. The molecule has 2 heteroatoms. The van der Waals surface area contributed by atoms with Gasteiger partial charge in [0.1, 0.15) is 0 Å². The Labute approximate surface area is 68.6 Å². The Balaban J connectivity index is 2.50. The van der Waals surface area contributed by atoms with Crippen molar-refractivity contribution in [3.8, 4) is 0 Å². The summed E-state index contributed by atoms with van der Waals surface area (Å²) < 4.78 is 0. The molecule has 1 fully saturated rings. The Hall–Kier alpha value is -0.370. The lowest BCUT2D eigenvalue weighted by molar-refractivity contribution is 0.143. The van der Waals surface area contributed by atoms with E-state index in [0.29, 0.717) is 0 Å². The van der Waals surface area contributed by atoms with Gasteiger partial charge >= 0.3 is 0 Å². The Kier molecular flexibility index (Phi) is 2.66. The van der Waals surface area contributed by atoms with Crippen LogP contribution in [0.2, 0.25) is 0 Å². The van der Waals surface area contributed by atoms with E-state index in [1.807, 2.05) is 13.8 Å². The largest absolute Gasteiger partial charge is 0.291 e. The third kappa shape index (κ3) is 2.03. The summed E-state index contributed by atoms with van der Waals surface area (Å²) in [6.07, 6.45) is 5.85. The first kappa shape index (κ1) is 8.72. The Morgan fingerprint density at radius 2 is 1.73 bits per heavy atom. The zero-order valence-corrected chi connectivity index (χ0v) is 7.39.